The summed E-state index contributed by atoms with van der Waals surface area (Å²) in [5.74, 6) is 1.20. The Morgan fingerprint density at radius 1 is 1.28 bits per heavy atom. The lowest BCUT2D eigenvalue weighted by Crippen LogP contribution is -2.35. The number of H-pyrrole nitrogens is 2. The summed E-state index contributed by atoms with van der Waals surface area (Å²) in [6.45, 7) is 6.86. The van der Waals surface area contributed by atoms with Crippen LogP contribution >= 0.6 is 11.3 Å². The van der Waals surface area contributed by atoms with Crippen molar-refractivity contribution in [2.75, 3.05) is 6.54 Å². The van der Waals surface area contributed by atoms with Gasteiger partial charge in [0.25, 0.3) is 5.56 Å². The largest absolute Gasteiger partial charge is 0.361 e. The molecule has 29 heavy (non-hydrogen) atoms. The summed E-state index contributed by atoms with van der Waals surface area (Å²) in [7, 11) is 0. The van der Waals surface area contributed by atoms with Crippen LogP contribution in [-0.2, 0) is 19.5 Å². The molecule has 1 aromatic carbocycles. The van der Waals surface area contributed by atoms with Crippen LogP contribution in [0.2, 0.25) is 0 Å². The second kappa shape index (κ2) is 7.28. The maximum absolute atomic E-state index is 12.6. The van der Waals surface area contributed by atoms with Crippen molar-refractivity contribution in [2.45, 2.75) is 39.3 Å². The van der Waals surface area contributed by atoms with E-state index in [-0.39, 0.29) is 5.56 Å². The van der Waals surface area contributed by atoms with Crippen molar-refractivity contribution in [3.05, 3.63) is 74.6 Å². The van der Waals surface area contributed by atoms with Crippen molar-refractivity contribution in [2.24, 2.45) is 0 Å². The van der Waals surface area contributed by atoms with Crippen LogP contribution in [0.4, 0.5) is 0 Å². The lowest BCUT2D eigenvalue weighted by atomic mass is 10.0. The summed E-state index contributed by atoms with van der Waals surface area (Å²) in [6.07, 6.45) is 2.86. The fraction of sp³-hybridized carbons (Fsp3) is 0.304. The van der Waals surface area contributed by atoms with Gasteiger partial charge in [-0.15, -0.1) is 11.3 Å². The van der Waals surface area contributed by atoms with Gasteiger partial charge in [-0.05, 0) is 41.0 Å². The Balaban J connectivity index is 1.41. The lowest BCUT2D eigenvalue weighted by Gasteiger charge is -2.27. The third-order valence-corrected chi connectivity index (χ3v) is 6.64. The van der Waals surface area contributed by atoms with Crippen molar-refractivity contribution in [3.63, 3.8) is 0 Å². The molecular weight excluding hydrogens is 380 g/mol. The highest BCUT2D eigenvalue weighted by Gasteiger charge is 2.22. The fourth-order valence-corrected chi connectivity index (χ4v) is 4.76. The molecule has 6 heteroatoms. The first-order chi connectivity index (χ1) is 14.1. The van der Waals surface area contributed by atoms with Crippen molar-refractivity contribution >= 4 is 22.2 Å². The molecule has 0 atom stereocenters. The molecule has 0 amide bonds. The Labute approximate surface area is 173 Å². The van der Waals surface area contributed by atoms with E-state index in [0.29, 0.717) is 18.3 Å². The van der Waals surface area contributed by atoms with Crippen molar-refractivity contribution in [1.29, 1.82) is 0 Å². The van der Waals surface area contributed by atoms with Gasteiger partial charge in [-0.3, -0.25) is 9.69 Å². The van der Waals surface area contributed by atoms with Gasteiger partial charge < -0.3 is 9.97 Å². The van der Waals surface area contributed by atoms with Gasteiger partial charge in [0.2, 0.25) is 0 Å². The predicted octanol–water partition coefficient (Wildman–Crippen LogP) is 4.66. The maximum Gasteiger partial charge on any atom is 0.254 e. The van der Waals surface area contributed by atoms with Crippen LogP contribution in [0.15, 0.2) is 46.7 Å². The van der Waals surface area contributed by atoms with Gasteiger partial charge in [-0.1, -0.05) is 32.0 Å². The molecule has 0 spiro atoms. The summed E-state index contributed by atoms with van der Waals surface area (Å²) >= 11 is 1.59. The monoisotopic (exact) mass is 404 g/mol. The maximum atomic E-state index is 12.6. The minimum Gasteiger partial charge on any atom is -0.361 e. The Morgan fingerprint density at radius 3 is 2.97 bits per heavy atom. The van der Waals surface area contributed by atoms with Crippen LogP contribution < -0.4 is 5.56 Å². The molecule has 1 aliphatic rings. The van der Waals surface area contributed by atoms with Gasteiger partial charge in [-0.2, -0.15) is 0 Å². The van der Waals surface area contributed by atoms with E-state index in [1.165, 1.54) is 22.0 Å². The normalized spacial score (nSPS) is 14.6. The molecule has 0 unspecified atom stereocenters. The smallest absolute Gasteiger partial charge is 0.254 e. The molecule has 0 radical (unpaired) electrons. The molecule has 4 heterocycles. The highest BCUT2D eigenvalue weighted by Crippen LogP contribution is 2.27. The van der Waals surface area contributed by atoms with E-state index in [4.69, 9.17) is 4.98 Å². The topological polar surface area (TPSA) is 64.8 Å². The molecule has 2 N–H and O–H groups in total. The van der Waals surface area contributed by atoms with Gasteiger partial charge in [-0.25, -0.2) is 4.98 Å². The number of rotatable bonds is 4. The van der Waals surface area contributed by atoms with E-state index in [9.17, 15) is 4.79 Å². The molecule has 0 aliphatic carbocycles. The number of hydrogen-bond acceptors (Lipinski definition) is 4. The first-order valence-electron chi connectivity index (χ1n) is 10.1. The Kier molecular flexibility index (Phi) is 4.60. The summed E-state index contributed by atoms with van der Waals surface area (Å²) in [6, 6.07) is 10.7. The number of nitrogens with zero attached hydrogens (tertiary/aromatic N) is 2. The molecule has 1 aliphatic heterocycles. The minimum atomic E-state index is 0.00589. The van der Waals surface area contributed by atoms with Gasteiger partial charge in [0.15, 0.2) is 5.82 Å². The number of aromatic amines is 2. The first-order valence-corrected chi connectivity index (χ1v) is 10.9. The van der Waals surface area contributed by atoms with Gasteiger partial charge in [0.1, 0.15) is 0 Å². The van der Waals surface area contributed by atoms with Crippen LogP contribution in [0.1, 0.15) is 42.1 Å². The molecule has 0 fully saturated rings. The van der Waals surface area contributed by atoms with Crippen LogP contribution in [-0.4, -0.2) is 26.4 Å². The van der Waals surface area contributed by atoms with E-state index >= 15 is 0 Å². The number of hydrogen-bond donors (Lipinski definition) is 2. The van der Waals surface area contributed by atoms with Crippen molar-refractivity contribution < 1.29 is 0 Å². The highest BCUT2D eigenvalue weighted by atomic mass is 32.1. The number of benzene rings is 1. The Bertz CT molecular complexity index is 1220. The number of fused-ring (bicyclic) bond motifs is 2. The predicted molar refractivity (Wildman–Crippen MR) is 118 cm³/mol. The van der Waals surface area contributed by atoms with Crippen LogP contribution in [0.3, 0.4) is 0 Å². The van der Waals surface area contributed by atoms with Gasteiger partial charge in [0.05, 0.1) is 10.6 Å². The first kappa shape index (κ1) is 18.3. The number of thiophene rings is 1. The van der Waals surface area contributed by atoms with E-state index in [2.05, 4.69) is 53.1 Å². The molecule has 148 valence electrons. The van der Waals surface area contributed by atoms with Crippen LogP contribution in [0, 0.1) is 0 Å². The molecular formula is C23H24N4OS. The molecule has 3 aromatic heterocycles. The molecule has 0 saturated carbocycles. The zero-order valence-electron chi connectivity index (χ0n) is 16.7. The van der Waals surface area contributed by atoms with Crippen molar-refractivity contribution in [1.82, 2.24) is 19.9 Å². The van der Waals surface area contributed by atoms with Gasteiger partial charge in [0, 0.05) is 42.3 Å². The third-order valence-electron chi connectivity index (χ3n) is 5.76. The molecule has 5 rings (SSSR count). The van der Waals surface area contributed by atoms with Gasteiger partial charge >= 0.3 is 0 Å². The summed E-state index contributed by atoms with van der Waals surface area (Å²) < 4.78 is 0. The summed E-state index contributed by atoms with van der Waals surface area (Å²) in [4.78, 5) is 27.1. The molecule has 0 bridgehead atoms. The molecule has 5 nitrogen and oxygen atoms in total. The summed E-state index contributed by atoms with van der Waals surface area (Å²) in [5, 5.41) is 3.28. The lowest BCUT2D eigenvalue weighted by molar-refractivity contribution is 0.241. The zero-order valence-corrected chi connectivity index (χ0v) is 17.5. The molecule has 4 aromatic rings. The SMILES string of the molecule is CC(C)c1ccc2c(CN3CCc4c(nc(-c5cccs5)[nH]c4=O)C3)c[nH]c2c1. The highest BCUT2D eigenvalue weighted by molar-refractivity contribution is 7.13. The fourth-order valence-electron chi connectivity index (χ4n) is 4.09. The number of aromatic nitrogens is 3. The minimum absolute atomic E-state index is 0.00589. The van der Waals surface area contributed by atoms with E-state index < -0.39 is 0 Å². The second-order valence-corrected chi connectivity index (χ2v) is 9.00. The standard InChI is InChI=1S/C23H24N4OS/c1-14(2)15-5-6-17-16(11-24-19(17)10-15)12-27-8-7-18-20(13-27)25-22(26-23(18)28)21-4-3-9-29-21/h3-6,9-11,14,24H,7-8,12-13H2,1-2H3,(H,25,26,28). The van der Waals surface area contributed by atoms with Crippen molar-refractivity contribution in [3.8, 4) is 10.7 Å². The second-order valence-electron chi connectivity index (χ2n) is 8.05. The Hall–Kier alpha value is -2.70. The third kappa shape index (κ3) is 3.43. The number of nitrogens with one attached hydrogen (secondary N) is 2. The Morgan fingerprint density at radius 2 is 2.17 bits per heavy atom. The van der Waals surface area contributed by atoms with E-state index in [1.807, 2.05) is 17.5 Å². The van der Waals surface area contributed by atoms with E-state index in [0.717, 1.165) is 35.6 Å². The zero-order chi connectivity index (χ0) is 20.0. The average molecular weight is 405 g/mol. The van der Waals surface area contributed by atoms with Crippen LogP contribution in [0.25, 0.3) is 21.6 Å². The molecule has 0 saturated heterocycles. The van der Waals surface area contributed by atoms with E-state index in [1.54, 1.807) is 11.3 Å². The quantitative estimate of drug-likeness (QED) is 0.520. The summed E-state index contributed by atoms with van der Waals surface area (Å²) in [5.41, 5.74) is 5.58. The van der Waals surface area contributed by atoms with Crippen LogP contribution in [0.5, 0.6) is 0 Å². The average Bonchev–Trinajstić information content (AvgIpc) is 3.38.